The van der Waals surface area contributed by atoms with Gasteiger partial charge in [0.05, 0.1) is 5.92 Å². The van der Waals surface area contributed by atoms with Crippen molar-refractivity contribution in [2.24, 2.45) is 5.41 Å². The Kier molecular flexibility index (Phi) is 4.04. The van der Waals surface area contributed by atoms with Crippen LogP contribution in [-0.4, -0.2) is 11.9 Å². The number of hydrogen-bond donors (Lipinski definition) is 0. The molecule has 3 heteroatoms. The molecule has 2 atom stereocenters. The Balaban J connectivity index is 1.94. The van der Waals surface area contributed by atoms with E-state index in [2.05, 4.69) is 18.2 Å². The van der Waals surface area contributed by atoms with E-state index in [1.807, 2.05) is 63.2 Å². The van der Waals surface area contributed by atoms with Crippen molar-refractivity contribution in [3.63, 3.8) is 0 Å². The third-order valence-corrected chi connectivity index (χ3v) is 5.28. The highest BCUT2D eigenvalue weighted by Gasteiger charge is 2.44. The van der Waals surface area contributed by atoms with Crippen LogP contribution < -0.4 is 4.74 Å². The smallest absolute Gasteiger partial charge is 0.179 e. The standard InChI is InChI=1S/C23H21ClO2/c1-23(2,3)22(25)21-19(15-8-11-16(24)12-9-15)20-17-7-5-4-6-14(17)10-13-18(20)26-21/h4-13,19,21H,1-3H3/t19-,21-/m0/s1. The first-order chi connectivity index (χ1) is 12.4. The van der Waals surface area contributed by atoms with Crippen molar-refractivity contribution in [1.29, 1.82) is 0 Å². The molecule has 1 heterocycles. The van der Waals surface area contributed by atoms with Crippen molar-refractivity contribution in [2.75, 3.05) is 0 Å². The molecule has 3 aromatic rings. The van der Waals surface area contributed by atoms with E-state index in [0.29, 0.717) is 5.02 Å². The summed E-state index contributed by atoms with van der Waals surface area (Å²) in [7, 11) is 0. The average molecular weight is 365 g/mol. The van der Waals surface area contributed by atoms with E-state index >= 15 is 0 Å². The minimum atomic E-state index is -0.531. The molecule has 0 aromatic heterocycles. The summed E-state index contributed by atoms with van der Waals surface area (Å²) >= 11 is 6.09. The molecule has 1 aliphatic heterocycles. The van der Waals surface area contributed by atoms with E-state index in [-0.39, 0.29) is 11.7 Å². The number of ketones is 1. The fraction of sp³-hybridized carbons (Fsp3) is 0.261. The van der Waals surface area contributed by atoms with Crippen molar-refractivity contribution >= 4 is 28.2 Å². The highest BCUT2D eigenvalue weighted by atomic mass is 35.5. The zero-order valence-electron chi connectivity index (χ0n) is 15.1. The Morgan fingerprint density at radius 2 is 1.65 bits per heavy atom. The van der Waals surface area contributed by atoms with Gasteiger partial charge in [0.1, 0.15) is 5.75 Å². The molecule has 0 bridgehead atoms. The van der Waals surface area contributed by atoms with Gasteiger partial charge in [0.15, 0.2) is 11.9 Å². The molecule has 0 unspecified atom stereocenters. The van der Waals surface area contributed by atoms with Gasteiger partial charge in [-0.15, -0.1) is 0 Å². The topological polar surface area (TPSA) is 26.3 Å². The Bertz CT molecular complexity index is 983. The molecule has 0 fully saturated rings. The van der Waals surface area contributed by atoms with Crippen LogP contribution in [0.4, 0.5) is 0 Å². The zero-order chi connectivity index (χ0) is 18.5. The molecule has 0 spiro atoms. The van der Waals surface area contributed by atoms with Crippen molar-refractivity contribution in [2.45, 2.75) is 32.8 Å². The number of carbonyl (C=O) groups is 1. The van der Waals surface area contributed by atoms with Gasteiger partial charge >= 0.3 is 0 Å². The minimum Gasteiger partial charge on any atom is -0.481 e. The molecular formula is C23H21ClO2. The Morgan fingerprint density at radius 1 is 0.962 bits per heavy atom. The van der Waals surface area contributed by atoms with Crippen LogP contribution in [0.3, 0.4) is 0 Å². The fourth-order valence-corrected chi connectivity index (χ4v) is 3.82. The number of hydrogen-bond acceptors (Lipinski definition) is 2. The predicted molar refractivity (Wildman–Crippen MR) is 106 cm³/mol. The fourth-order valence-electron chi connectivity index (χ4n) is 3.70. The molecule has 0 N–H and O–H groups in total. The number of rotatable bonds is 2. The van der Waals surface area contributed by atoms with Crippen LogP contribution in [0.25, 0.3) is 10.8 Å². The molecule has 3 aromatic carbocycles. The predicted octanol–water partition coefficient (Wildman–Crippen LogP) is 6.00. The summed E-state index contributed by atoms with van der Waals surface area (Å²) in [6, 6.07) is 20.0. The number of benzene rings is 3. The van der Waals surface area contributed by atoms with Gasteiger partial charge in [-0.1, -0.05) is 74.8 Å². The van der Waals surface area contributed by atoms with Crippen LogP contribution in [0.5, 0.6) is 5.75 Å². The van der Waals surface area contributed by atoms with Gasteiger partial charge in [0.25, 0.3) is 0 Å². The largest absolute Gasteiger partial charge is 0.481 e. The maximum atomic E-state index is 13.2. The molecule has 4 rings (SSSR count). The average Bonchev–Trinajstić information content (AvgIpc) is 3.00. The van der Waals surface area contributed by atoms with Crippen molar-refractivity contribution in [3.8, 4) is 5.75 Å². The van der Waals surface area contributed by atoms with Gasteiger partial charge in [-0.25, -0.2) is 0 Å². The summed E-state index contributed by atoms with van der Waals surface area (Å²) in [4.78, 5) is 13.2. The van der Waals surface area contributed by atoms with E-state index in [1.54, 1.807) is 0 Å². The van der Waals surface area contributed by atoms with Crippen molar-refractivity contribution < 1.29 is 9.53 Å². The van der Waals surface area contributed by atoms with Crippen LogP contribution in [-0.2, 0) is 4.79 Å². The maximum Gasteiger partial charge on any atom is 0.179 e. The van der Waals surface area contributed by atoms with E-state index < -0.39 is 11.5 Å². The number of ether oxygens (including phenoxy) is 1. The minimum absolute atomic E-state index is 0.109. The van der Waals surface area contributed by atoms with Gasteiger partial charge in [-0.3, -0.25) is 4.79 Å². The zero-order valence-corrected chi connectivity index (χ0v) is 15.9. The lowest BCUT2D eigenvalue weighted by Gasteiger charge is -2.26. The molecular weight excluding hydrogens is 344 g/mol. The lowest BCUT2D eigenvalue weighted by atomic mass is 9.78. The number of fused-ring (bicyclic) bond motifs is 3. The number of halogens is 1. The van der Waals surface area contributed by atoms with E-state index in [0.717, 1.165) is 27.6 Å². The van der Waals surface area contributed by atoms with E-state index in [4.69, 9.17) is 16.3 Å². The van der Waals surface area contributed by atoms with Crippen LogP contribution in [0.2, 0.25) is 5.02 Å². The second-order valence-corrected chi connectivity index (χ2v) is 8.32. The van der Waals surface area contributed by atoms with E-state index in [9.17, 15) is 4.79 Å². The normalized spacial score (nSPS) is 19.2. The summed E-state index contributed by atoms with van der Waals surface area (Å²) in [5, 5.41) is 2.97. The molecule has 0 saturated carbocycles. The molecule has 0 radical (unpaired) electrons. The second-order valence-electron chi connectivity index (χ2n) is 7.88. The Hall–Kier alpha value is -2.32. The van der Waals surface area contributed by atoms with Crippen LogP contribution >= 0.6 is 11.6 Å². The molecule has 132 valence electrons. The molecule has 0 amide bonds. The molecule has 1 aliphatic rings. The van der Waals surface area contributed by atoms with Gasteiger partial charge in [0.2, 0.25) is 0 Å². The quantitative estimate of drug-likeness (QED) is 0.557. The molecule has 0 aliphatic carbocycles. The van der Waals surface area contributed by atoms with Gasteiger partial charge in [-0.2, -0.15) is 0 Å². The first-order valence-corrected chi connectivity index (χ1v) is 9.22. The Labute approximate surface area is 158 Å². The molecule has 26 heavy (non-hydrogen) atoms. The highest BCUT2D eigenvalue weighted by Crippen LogP contribution is 2.47. The summed E-state index contributed by atoms with van der Waals surface area (Å²) in [5.74, 6) is 0.768. The van der Waals surface area contributed by atoms with Crippen LogP contribution in [0.15, 0.2) is 60.7 Å². The first kappa shape index (κ1) is 17.1. The number of carbonyl (C=O) groups excluding carboxylic acids is 1. The molecule has 0 saturated heterocycles. The lowest BCUT2D eigenvalue weighted by molar-refractivity contribution is -0.133. The number of Topliss-reactive ketones (excluding diaryl/α,β-unsaturated/α-hetero) is 1. The highest BCUT2D eigenvalue weighted by molar-refractivity contribution is 6.30. The third kappa shape index (κ3) is 2.79. The third-order valence-electron chi connectivity index (χ3n) is 5.03. The summed E-state index contributed by atoms with van der Waals surface area (Å²) in [5.41, 5.74) is 1.66. The van der Waals surface area contributed by atoms with Gasteiger partial charge in [0, 0.05) is 16.0 Å². The monoisotopic (exact) mass is 364 g/mol. The maximum absolute atomic E-state index is 13.2. The SMILES string of the molecule is CC(C)(C)C(=O)[C@H]1Oc2ccc3ccccc3c2[C@@H]1c1ccc(Cl)cc1. The van der Waals surface area contributed by atoms with Crippen molar-refractivity contribution in [1.82, 2.24) is 0 Å². The molecule has 2 nitrogen and oxygen atoms in total. The first-order valence-electron chi connectivity index (χ1n) is 8.84. The van der Waals surface area contributed by atoms with Crippen LogP contribution in [0.1, 0.15) is 37.8 Å². The van der Waals surface area contributed by atoms with Crippen LogP contribution in [0, 0.1) is 5.41 Å². The summed E-state index contributed by atoms with van der Waals surface area (Å²) < 4.78 is 6.22. The van der Waals surface area contributed by atoms with Gasteiger partial charge < -0.3 is 4.74 Å². The lowest BCUT2D eigenvalue weighted by Crippen LogP contribution is -2.38. The van der Waals surface area contributed by atoms with Gasteiger partial charge in [-0.05, 0) is 34.5 Å². The summed E-state index contributed by atoms with van der Waals surface area (Å²) in [6.45, 7) is 5.83. The second kappa shape index (κ2) is 6.14. The van der Waals surface area contributed by atoms with Crippen molar-refractivity contribution in [3.05, 3.63) is 76.8 Å². The summed E-state index contributed by atoms with van der Waals surface area (Å²) in [6.07, 6.45) is -0.531. The van der Waals surface area contributed by atoms with E-state index in [1.165, 1.54) is 0 Å². The Morgan fingerprint density at radius 3 is 2.35 bits per heavy atom.